The third kappa shape index (κ3) is 4.38. The number of amides is 2. The Morgan fingerprint density at radius 2 is 2.00 bits per heavy atom. The van der Waals surface area contributed by atoms with Crippen LogP contribution in [0.4, 0.5) is 5.69 Å². The number of nitrogens with one attached hydrogen (secondary N) is 2. The molecule has 0 bridgehead atoms. The first-order valence-electron chi connectivity index (χ1n) is 9.31. The minimum Gasteiger partial charge on any atom is -0.385 e. The van der Waals surface area contributed by atoms with Gasteiger partial charge in [0.15, 0.2) is 0 Å². The van der Waals surface area contributed by atoms with Gasteiger partial charge in [0, 0.05) is 31.7 Å². The Bertz CT molecular complexity index is 632. The molecule has 0 spiro atoms. The lowest BCUT2D eigenvalue weighted by Gasteiger charge is -2.29. The molecule has 1 saturated heterocycles. The maximum Gasteiger partial charge on any atom is 0.243 e. The third-order valence-electron chi connectivity index (χ3n) is 5.10. The fraction of sp³-hybridized carbons (Fsp3) is 0.579. The molecule has 1 atom stereocenters. The van der Waals surface area contributed by atoms with Crippen molar-refractivity contribution < 1.29 is 9.59 Å². The molecule has 1 aromatic carbocycles. The maximum absolute atomic E-state index is 12.1. The van der Waals surface area contributed by atoms with E-state index < -0.39 is 0 Å². The standard InChI is InChI=1S/C19H28N4O2/c20-10-3-1-2-4-11-21-16-7-5-6-14-12-23(13-15(14)16)17-8-9-18(24)22-19(17)25/h5-7,17,21H,1-4,8-13,20H2,(H,22,24,25). The van der Waals surface area contributed by atoms with Gasteiger partial charge in [0.1, 0.15) is 0 Å². The lowest BCUT2D eigenvalue weighted by Crippen LogP contribution is -2.50. The lowest BCUT2D eigenvalue weighted by molar-refractivity contribution is -0.137. The Balaban J connectivity index is 1.56. The summed E-state index contributed by atoms with van der Waals surface area (Å²) >= 11 is 0. The van der Waals surface area contributed by atoms with Crippen LogP contribution in [0.15, 0.2) is 18.2 Å². The second-order valence-corrected chi connectivity index (χ2v) is 6.94. The summed E-state index contributed by atoms with van der Waals surface area (Å²) in [6.07, 6.45) is 5.66. The first-order chi connectivity index (χ1) is 12.2. The second-order valence-electron chi connectivity index (χ2n) is 6.94. The van der Waals surface area contributed by atoms with Gasteiger partial charge in [-0.2, -0.15) is 0 Å². The van der Waals surface area contributed by atoms with Crippen LogP contribution in [0.5, 0.6) is 0 Å². The van der Waals surface area contributed by atoms with Gasteiger partial charge in [0.2, 0.25) is 11.8 Å². The summed E-state index contributed by atoms with van der Waals surface area (Å²) in [5.41, 5.74) is 9.25. The highest BCUT2D eigenvalue weighted by Gasteiger charge is 2.35. The molecule has 1 aromatic rings. The topological polar surface area (TPSA) is 87.5 Å². The Kier molecular flexibility index (Phi) is 6.04. The van der Waals surface area contributed by atoms with Gasteiger partial charge < -0.3 is 11.1 Å². The van der Waals surface area contributed by atoms with Gasteiger partial charge >= 0.3 is 0 Å². The van der Waals surface area contributed by atoms with E-state index in [0.29, 0.717) is 12.8 Å². The Morgan fingerprint density at radius 1 is 1.16 bits per heavy atom. The number of hydrogen-bond acceptors (Lipinski definition) is 5. The monoisotopic (exact) mass is 344 g/mol. The summed E-state index contributed by atoms with van der Waals surface area (Å²) in [4.78, 5) is 25.7. The molecular formula is C19H28N4O2. The highest BCUT2D eigenvalue weighted by Crippen LogP contribution is 2.32. The van der Waals surface area contributed by atoms with E-state index in [1.807, 2.05) is 0 Å². The van der Waals surface area contributed by atoms with Crippen LogP contribution >= 0.6 is 0 Å². The molecule has 2 amide bonds. The number of anilines is 1. The summed E-state index contributed by atoms with van der Waals surface area (Å²) in [5.74, 6) is -0.312. The SMILES string of the molecule is NCCCCCCNc1cccc2c1CN(C1CCC(=O)NC1=O)C2. The number of hydrogen-bond donors (Lipinski definition) is 3. The van der Waals surface area contributed by atoms with E-state index in [4.69, 9.17) is 5.73 Å². The van der Waals surface area contributed by atoms with Crippen molar-refractivity contribution in [2.45, 2.75) is 57.7 Å². The Hall–Kier alpha value is -1.92. The molecule has 2 heterocycles. The van der Waals surface area contributed by atoms with Crippen molar-refractivity contribution in [1.29, 1.82) is 0 Å². The molecule has 6 nitrogen and oxygen atoms in total. The van der Waals surface area contributed by atoms with Crippen molar-refractivity contribution in [2.24, 2.45) is 5.73 Å². The van der Waals surface area contributed by atoms with E-state index in [-0.39, 0.29) is 17.9 Å². The molecule has 1 unspecified atom stereocenters. The number of carbonyl (C=O) groups excluding carboxylic acids is 2. The Morgan fingerprint density at radius 3 is 2.80 bits per heavy atom. The molecule has 25 heavy (non-hydrogen) atoms. The molecule has 2 aliphatic heterocycles. The minimum absolute atomic E-state index is 0.154. The van der Waals surface area contributed by atoms with E-state index in [1.54, 1.807) is 0 Å². The molecule has 0 aliphatic carbocycles. The van der Waals surface area contributed by atoms with Crippen LogP contribution in [0.1, 0.15) is 49.7 Å². The molecule has 1 fully saturated rings. The van der Waals surface area contributed by atoms with E-state index in [0.717, 1.165) is 39.0 Å². The van der Waals surface area contributed by atoms with Crippen molar-refractivity contribution in [3.63, 3.8) is 0 Å². The maximum atomic E-state index is 12.1. The summed E-state index contributed by atoms with van der Waals surface area (Å²) < 4.78 is 0. The predicted octanol–water partition coefficient (Wildman–Crippen LogP) is 1.74. The number of carbonyl (C=O) groups is 2. The fourth-order valence-corrected chi connectivity index (χ4v) is 3.71. The predicted molar refractivity (Wildman–Crippen MR) is 97.9 cm³/mol. The van der Waals surface area contributed by atoms with E-state index in [9.17, 15) is 9.59 Å². The van der Waals surface area contributed by atoms with E-state index in [2.05, 4.69) is 33.7 Å². The van der Waals surface area contributed by atoms with Gasteiger partial charge in [-0.25, -0.2) is 0 Å². The molecule has 4 N–H and O–H groups in total. The summed E-state index contributed by atoms with van der Waals surface area (Å²) in [6.45, 7) is 3.26. The zero-order valence-corrected chi connectivity index (χ0v) is 14.7. The van der Waals surface area contributed by atoms with Gasteiger partial charge in [-0.15, -0.1) is 0 Å². The molecular weight excluding hydrogens is 316 g/mol. The number of unbranched alkanes of at least 4 members (excludes halogenated alkanes) is 3. The lowest BCUT2D eigenvalue weighted by atomic mass is 10.0. The van der Waals surface area contributed by atoms with Crippen LogP contribution in [0, 0.1) is 0 Å². The number of fused-ring (bicyclic) bond motifs is 1. The van der Waals surface area contributed by atoms with Crippen LogP contribution in [0.3, 0.4) is 0 Å². The first-order valence-corrected chi connectivity index (χ1v) is 9.31. The molecule has 0 saturated carbocycles. The van der Waals surface area contributed by atoms with Crippen LogP contribution in [-0.2, 0) is 22.7 Å². The highest BCUT2D eigenvalue weighted by molar-refractivity contribution is 6.00. The number of benzene rings is 1. The first kappa shape index (κ1) is 17.9. The van der Waals surface area contributed by atoms with Crippen LogP contribution < -0.4 is 16.4 Å². The van der Waals surface area contributed by atoms with Gasteiger partial charge in [-0.3, -0.25) is 19.8 Å². The van der Waals surface area contributed by atoms with Crippen LogP contribution in [0.25, 0.3) is 0 Å². The molecule has 6 heteroatoms. The quantitative estimate of drug-likeness (QED) is 0.494. The number of piperidine rings is 1. The normalized spacial score (nSPS) is 20.4. The number of imide groups is 1. The molecule has 2 aliphatic rings. The summed E-state index contributed by atoms with van der Waals surface area (Å²) in [5, 5.41) is 6.01. The zero-order chi connectivity index (χ0) is 17.6. The van der Waals surface area contributed by atoms with E-state index in [1.165, 1.54) is 29.7 Å². The van der Waals surface area contributed by atoms with E-state index >= 15 is 0 Å². The average Bonchev–Trinajstić information content (AvgIpc) is 3.02. The fourth-order valence-electron chi connectivity index (χ4n) is 3.71. The van der Waals surface area contributed by atoms with Crippen molar-refractivity contribution in [3.8, 4) is 0 Å². The zero-order valence-electron chi connectivity index (χ0n) is 14.7. The molecule has 0 aromatic heterocycles. The number of rotatable bonds is 8. The molecule has 136 valence electrons. The van der Waals surface area contributed by atoms with Crippen molar-refractivity contribution in [3.05, 3.63) is 29.3 Å². The molecule has 3 rings (SSSR count). The number of nitrogens with zero attached hydrogens (tertiary/aromatic N) is 1. The Labute approximate surface area is 149 Å². The van der Waals surface area contributed by atoms with Gasteiger partial charge in [-0.1, -0.05) is 25.0 Å². The average molecular weight is 344 g/mol. The minimum atomic E-state index is -0.200. The second kappa shape index (κ2) is 8.45. The largest absolute Gasteiger partial charge is 0.385 e. The summed E-state index contributed by atoms with van der Waals surface area (Å²) in [6, 6.07) is 6.12. The van der Waals surface area contributed by atoms with Gasteiger partial charge in [0.25, 0.3) is 0 Å². The van der Waals surface area contributed by atoms with Crippen LogP contribution in [-0.4, -0.2) is 35.8 Å². The van der Waals surface area contributed by atoms with Gasteiger partial charge in [-0.05, 0) is 43.0 Å². The highest BCUT2D eigenvalue weighted by atomic mass is 16.2. The smallest absolute Gasteiger partial charge is 0.243 e. The van der Waals surface area contributed by atoms with Gasteiger partial charge in [0.05, 0.1) is 6.04 Å². The molecule has 0 radical (unpaired) electrons. The van der Waals surface area contributed by atoms with Crippen LogP contribution in [0.2, 0.25) is 0 Å². The van der Waals surface area contributed by atoms with Crippen molar-refractivity contribution in [1.82, 2.24) is 10.2 Å². The summed E-state index contributed by atoms with van der Waals surface area (Å²) in [7, 11) is 0. The van der Waals surface area contributed by atoms with Crippen molar-refractivity contribution in [2.75, 3.05) is 18.4 Å². The number of nitrogens with two attached hydrogens (primary N) is 1. The van der Waals surface area contributed by atoms with Crippen molar-refractivity contribution >= 4 is 17.5 Å². The third-order valence-corrected chi connectivity index (χ3v) is 5.10.